The molecule has 1 aromatic heterocycles. The van der Waals surface area contributed by atoms with Crippen molar-refractivity contribution in [2.75, 3.05) is 18.6 Å². The molecule has 0 N–H and O–H groups in total. The maximum Gasteiger partial charge on any atom is 0.234 e. The third kappa shape index (κ3) is 2.48. The number of carbonyl (C=O) groups is 1. The molecule has 0 aliphatic carbocycles. The highest BCUT2D eigenvalue weighted by Gasteiger charge is 2.31. The summed E-state index contributed by atoms with van der Waals surface area (Å²) in [4.78, 5) is 13.4. The summed E-state index contributed by atoms with van der Waals surface area (Å²) in [5.74, 6) is 3.72. The Labute approximate surface area is 122 Å². The molecule has 1 saturated heterocycles. The number of aromatic nitrogens is 1. The van der Waals surface area contributed by atoms with E-state index >= 15 is 0 Å². The van der Waals surface area contributed by atoms with E-state index in [0.717, 1.165) is 11.3 Å². The highest BCUT2D eigenvalue weighted by Crippen LogP contribution is 2.29. The zero-order chi connectivity index (χ0) is 14.8. The summed E-state index contributed by atoms with van der Waals surface area (Å²) in [5.41, 5.74) is 1.57. The van der Waals surface area contributed by atoms with Crippen LogP contribution in [0, 0.1) is 18.3 Å². The number of terminal acetylenes is 1. The van der Waals surface area contributed by atoms with E-state index in [1.807, 2.05) is 24.3 Å². The zero-order valence-electron chi connectivity index (χ0n) is 11.6. The van der Waals surface area contributed by atoms with Crippen molar-refractivity contribution >= 4 is 11.8 Å². The molecule has 5 nitrogen and oxygen atoms in total. The maximum atomic E-state index is 11.9. The molecular formula is C16H14N2O3. The van der Waals surface area contributed by atoms with Gasteiger partial charge in [0.1, 0.15) is 11.4 Å². The van der Waals surface area contributed by atoms with Gasteiger partial charge in [-0.1, -0.05) is 5.16 Å². The number of anilines is 1. The highest BCUT2D eigenvalue weighted by atomic mass is 16.5. The van der Waals surface area contributed by atoms with Gasteiger partial charge in [-0.15, -0.1) is 12.3 Å². The lowest BCUT2D eigenvalue weighted by Gasteiger charge is -2.09. The Morgan fingerprint density at radius 2 is 2.19 bits per heavy atom. The lowest BCUT2D eigenvalue weighted by atomic mass is 10.1. The predicted molar refractivity (Wildman–Crippen MR) is 77.8 cm³/mol. The summed E-state index contributed by atoms with van der Waals surface area (Å²) in [6.45, 7) is 0.479. The van der Waals surface area contributed by atoms with Crippen LogP contribution < -0.4 is 9.64 Å². The van der Waals surface area contributed by atoms with Crippen molar-refractivity contribution in [1.29, 1.82) is 0 Å². The van der Waals surface area contributed by atoms with Gasteiger partial charge in [-0.3, -0.25) is 9.69 Å². The number of benzene rings is 1. The zero-order valence-corrected chi connectivity index (χ0v) is 11.6. The summed E-state index contributed by atoms with van der Waals surface area (Å²) in [6, 6.07) is 9.21. The second kappa shape index (κ2) is 5.33. The number of carbonyl (C=O) groups excluding carboxylic acids is 1. The van der Waals surface area contributed by atoms with Crippen LogP contribution in [-0.2, 0) is 4.79 Å². The van der Waals surface area contributed by atoms with E-state index in [4.69, 9.17) is 15.7 Å². The average Bonchev–Trinajstić information content (AvgIpc) is 3.13. The van der Waals surface area contributed by atoms with Gasteiger partial charge in [0.15, 0.2) is 0 Å². The Bertz CT molecular complexity index is 697. The van der Waals surface area contributed by atoms with Crippen molar-refractivity contribution in [2.24, 2.45) is 5.92 Å². The molecule has 0 radical (unpaired) electrons. The molecule has 0 saturated carbocycles. The number of ether oxygens (including phenoxy) is 1. The normalized spacial score (nSPS) is 17.8. The summed E-state index contributed by atoms with van der Waals surface area (Å²) >= 11 is 0. The van der Waals surface area contributed by atoms with E-state index in [0.29, 0.717) is 24.5 Å². The van der Waals surface area contributed by atoms with E-state index < -0.39 is 0 Å². The van der Waals surface area contributed by atoms with Crippen LogP contribution in [-0.4, -0.2) is 24.7 Å². The Morgan fingerprint density at radius 3 is 2.81 bits per heavy atom. The first-order valence-corrected chi connectivity index (χ1v) is 6.59. The van der Waals surface area contributed by atoms with Crippen molar-refractivity contribution in [3.63, 3.8) is 0 Å². The van der Waals surface area contributed by atoms with Gasteiger partial charge in [-0.25, -0.2) is 0 Å². The minimum Gasteiger partial charge on any atom is -0.497 e. The molecule has 0 bridgehead atoms. The molecule has 1 aromatic carbocycles. The van der Waals surface area contributed by atoms with Crippen LogP contribution in [0.1, 0.15) is 6.42 Å². The van der Waals surface area contributed by atoms with Gasteiger partial charge in [-0.2, -0.15) is 0 Å². The third-order valence-electron chi connectivity index (χ3n) is 3.51. The fourth-order valence-corrected chi connectivity index (χ4v) is 2.32. The van der Waals surface area contributed by atoms with E-state index in [-0.39, 0.29) is 11.8 Å². The standard InChI is InChI=1S/C16H14N2O3/c1-3-11-8-15(19)18(10-11)16-9-14(17-21-16)12-4-6-13(20-2)7-5-12/h1,4-7,9,11H,8,10H2,2H3. The monoisotopic (exact) mass is 282 g/mol. The topological polar surface area (TPSA) is 55.6 Å². The first-order valence-electron chi connectivity index (χ1n) is 6.59. The Morgan fingerprint density at radius 1 is 1.43 bits per heavy atom. The van der Waals surface area contributed by atoms with Crippen LogP contribution in [0.2, 0.25) is 0 Å². The van der Waals surface area contributed by atoms with Gasteiger partial charge < -0.3 is 9.26 Å². The molecule has 1 fully saturated rings. The molecule has 2 heterocycles. The molecular weight excluding hydrogens is 268 g/mol. The fraction of sp³-hybridized carbons (Fsp3) is 0.250. The van der Waals surface area contributed by atoms with Crippen molar-refractivity contribution in [1.82, 2.24) is 5.16 Å². The summed E-state index contributed by atoms with van der Waals surface area (Å²) < 4.78 is 10.4. The lowest BCUT2D eigenvalue weighted by molar-refractivity contribution is -0.117. The highest BCUT2D eigenvalue weighted by molar-refractivity contribution is 5.95. The summed E-state index contributed by atoms with van der Waals surface area (Å²) in [5, 5.41) is 4.01. The third-order valence-corrected chi connectivity index (χ3v) is 3.51. The van der Waals surface area contributed by atoms with Crippen molar-refractivity contribution in [2.45, 2.75) is 6.42 Å². The van der Waals surface area contributed by atoms with Gasteiger partial charge >= 0.3 is 0 Å². The fourth-order valence-electron chi connectivity index (χ4n) is 2.32. The minimum absolute atomic E-state index is 0.0321. The maximum absolute atomic E-state index is 11.9. The SMILES string of the molecule is C#CC1CC(=O)N(c2cc(-c3ccc(OC)cc3)no2)C1. The van der Waals surface area contributed by atoms with Gasteiger partial charge in [0.05, 0.1) is 7.11 Å². The molecule has 2 aromatic rings. The predicted octanol–water partition coefficient (Wildman–Crippen LogP) is 2.34. The van der Waals surface area contributed by atoms with Crippen molar-refractivity contribution in [3.05, 3.63) is 30.3 Å². The number of hydrogen-bond acceptors (Lipinski definition) is 4. The van der Waals surface area contributed by atoms with Crippen LogP contribution in [0.5, 0.6) is 5.75 Å². The number of methoxy groups -OCH3 is 1. The van der Waals surface area contributed by atoms with Crippen LogP contribution >= 0.6 is 0 Å². The number of amides is 1. The molecule has 21 heavy (non-hydrogen) atoms. The average molecular weight is 282 g/mol. The molecule has 3 rings (SSSR count). The van der Waals surface area contributed by atoms with Gasteiger partial charge in [0, 0.05) is 30.5 Å². The molecule has 106 valence electrons. The molecule has 1 atom stereocenters. The second-order valence-electron chi connectivity index (χ2n) is 4.85. The Kier molecular flexibility index (Phi) is 3.36. The first-order chi connectivity index (χ1) is 10.2. The molecule has 1 aliphatic heterocycles. The van der Waals surface area contributed by atoms with Gasteiger partial charge in [-0.05, 0) is 24.3 Å². The number of nitrogens with zero attached hydrogens (tertiary/aromatic N) is 2. The molecule has 0 spiro atoms. The lowest BCUT2D eigenvalue weighted by Crippen LogP contribution is -2.23. The minimum atomic E-state index is -0.0629. The summed E-state index contributed by atoms with van der Waals surface area (Å²) in [6.07, 6.45) is 5.73. The van der Waals surface area contributed by atoms with E-state index in [9.17, 15) is 4.79 Å². The Hall–Kier alpha value is -2.74. The second-order valence-corrected chi connectivity index (χ2v) is 4.85. The largest absolute Gasteiger partial charge is 0.497 e. The van der Waals surface area contributed by atoms with Gasteiger partial charge in [0.25, 0.3) is 0 Å². The van der Waals surface area contributed by atoms with Crippen molar-refractivity contribution < 1.29 is 14.1 Å². The summed E-state index contributed by atoms with van der Waals surface area (Å²) in [7, 11) is 1.62. The van der Waals surface area contributed by atoms with E-state index in [1.54, 1.807) is 18.1 Å². The molecule has 1 unspecified atom stereocenters. The first kappa shape index (κ1) is 13.3. The Balaban J connectivity index is 1.83. The van der Waals surface area contributed by atoms with Crippen molar-refractivity contribution in [3.8, 4) is 29.4 Å². The van der Waals surface area contributed by atoms with Gasteiger partial charge in [0.2, 0.25) is 11.8 Å². The molecule has 1 aliphatic rings. The van der Waals surface area contributed by atoms with E-state index in [2.05, 4.69) is 11.1 Å². The van der Waals surface area contributed by atoms with E-state index in [1.165, 1.54) is 0 Å². The number of rotatable bonds is 3. The van der Waals surface area contributed by atoms with Crippen LogP contribution in [0.25, 0.3) is 11.3 Å². The smallest absolute Gasteiger partial charge is 0.234 e. The quantitative estimate of drug-likeness (QED) is 0.811. The van der Waals surface area contributed by atoms with Crippen LogP contribution in [0.3, 0.4) is 0 Å². The van der Waals surface area contributed by atoms with Crippen LogP contribution in [0.15, 0.2) is 34.9 Å². The molecule has 1 amide bonds. The number of hydrogen-bond donors (Lipinski definition) is 0. The molecule has 5 heteroatoms. The van der Waals surface area contributed by atoms with Crippen LogP contribution in [0.4, 0.5) is 5.88 Å².